The number of nitrogens with two attached hydrogens (primary N) is 1. The summed E-state index contributed by atoms with van der Waals surface area (Å²) in [5, 5.41) is 4.04. The molecule has 5 heteroatoms. The summed E-state index contributed by atoms with van der Waals surface area (Å²) in [6.07, 6.45) is 6.13. The van der Waals surface area contributed by atoms with Crippen molar-refractivity contribution in [3.63, 3.8) is 0 Å². The summed E-state index contributed by atoms with van der Waals surface area (Å²) in [7, 11) is 1.71. The highest BCUT2D eigenvalue weighted by molar-refractivity contribution is 5.01. The maximum Gasteiger partial charge on any atom is 0.246 e. The number of hydrogen-bond acceptors (Lipinski definition) is 5. The quantitative estimate of drug-likeness (QED) is 0.892. The van der Waals surface area contributed by atoms with Crippen LogP contribution in [-0.2, 0) is 10.3 Å². The van der Waals surface area contributed by atoms with E-state index in [-0.39, 0.29) is 6.10 Å². The molecule has 102 valence electrons. The van der Waals surface area contributed by atoms with E-state index in [1.807, 2.05) is 13.8 Å². The standard InChI is InChI=1S/C13H23N3O2/c1-13(2,14)12-15-11(16-18-12)10(17-3)9-7-5-4-6-8-9/h9-10H,4-8,14H2,1-3H3. The average molecular weight is 253 g/mol. The van der Waals surface area contributed by atoms with Crippen LogP contribution >= 0.6 is 0 Å². The molecule has 1 saturated carbocycles. The van der Waals surface area contributed by atoms with Crippen molar-refractivity contribution < 1.29 is 9.26 Å². The van der Waals surface area contributed by atoms with E-state index < -0.39 is 5.54 Å². The fourth-order valence-electron chi connectivity index (χ4n) is 2.56. The third kappa shape index (κ3) is 2.90. The van der Waals surface area contributed by atoms with Gasteiger partial charge in [-0.3, -0.25) is 0 Å². The van der Waals surface area contributed by atoms with Crippen molar-refractivity contribution in [1.82, 2.24) is 10.1 Å². The van der Waals surface area contributed by atoms with Crippen molar-refractivity contribution in [3.05, 3.63) is 11.7 Å². The highest BCUT2D eigenvalue weighted by atomic mass is 16.5. The monoisotopic (exact) mass is 253 g/mol. The summed E-state index contributed by atoms with van der Waals surface area (Å²) in [6.45, 7) is 3.71. The molecule has 5 nitrogen and oxygen atoms in total. The minimum absolute atomic E-state index is 0.0647. The molecule has 0 bridgehead atoms. The van der Waals surface area contributed by atoms with Gasteiger partial charge in [-0.25, -0.2) is 0 Å². The first kappa shape index (κ1) is 13.5. The molecule has 2 rings (SSSR count). The fourth-order valence-corrected chi connectivity index (χ4v) is 2.56. The number of rotatable bonds is 4. The van der Waals surface area contributed by atoms with E-state index in [4.69, 9.17) is 15.0 Å². The van der Waals surface area contributed by atoms with E-state index in [1.54, 1.807) is 7.11 Å². The van der Waals surface area contributed by atoms with Crippen LogP contribution in [0.15, 0.2) is 4.52 Å². The lowest BCUT2D eigenvalue weighted by molar-refractivity contribution is 0.0273. The first-order valence-corrected chi connectivity index (χ1v) is 6.68. The zero-order valence-corrected chi connectivity index (χ0v) is 11.5. The van der Waals surface area contributed by atoms with Crippen molar-refractivity contribution >= 4 is 0 Å². The molecule has 1 atom stereocenters. The largest absolute Gasteiger partial charge is 0.373 e. The highest BCUT2D eigenvalue weighted by Crippen LogP contribution is 2.35. The molecule has 2 N–H and O–H groups in total. The van der Waals surface area contributed by atoms with Crippen LogP contribution in [0.3, 0.4) is 0 Å². The van der Waals surface area contributed by atoms with Crippen LogP contribution in [0.25, 0.3) is 0 Å². The molecule has 0 spiro atoms. The Hall–Kier alpha value is -0.940. The Bertz CT molecular complexity index is 378. The number of ether oxygens (including phenoxy) is 1. The lowest BCUT2D eigenvalue weighted by Crippen LogP contribution is -2.29. The van der Waals surface area contributed by atoms with E-state index >= 15 is 0 Å². The second-order valence-corrected chi connectivity index (χ2v) is 5.73. The van der Waals surface area contributed by atoms with Gasteiger partial charge in [0.05, 0.1) is 5.54 Å². The van der Waals surface area contributed by atoms with Gasteiger partial charge in [0.1, 0.15) is 6.10 Å². The molecule has 1 aromatic heterocycles. The summed E-state index contributed by atoms with van der Waals surface area (Å²) in [5.74, 6) is 1.60. The molecule has 1 aliphatic carbocycles. The normalized spacial score (nSPS) is 20.0. The molecule has 0 amide bonds. The summed E-state index contributed by atoms with van der Waals surface area (Å²) >= 11 is 0. The lowest BCUT2D eigenvalue weighted by atomic mass is 9.85. The molecule has 1 fully saturated rings. The van der Waals surface area contributed by atoms with Crippen molar-refractivity contribution in [2.24, 2.45) is 11.7 Å². The van der Waals surface area contributed by atoms with E-state index in [0.717, 1.165) is 0 Å². The van der Waals surface area contributed by atoms with Crippen LogP contribution in [0, 0.1) is 5.92 Å². The molecule has 18 heavy (non-hydrogen) atoms. The maximum atomic E-state index is 5.95. The summed E-state index contributed by atoms with van der Waals surface area (Å²) in [4.78, 5) is 4.40. The van der Waals surface area contributed by atoms with Gasteiger partial charge in [-0.15, -0.1) is 0 Å². The van der Waals surface area contributed by atoms with Crippen LogP contribution < -0.4 is 5.73 Å². The van der Waals surface area contributed by atoms with Crippen molar-refractivity contribution in [2.45, 2.75) is 57.6 Å². The van der Waals surface area contributed by atoms with E-state index in [0.29, 0.717) is 17.6 Å². The fraction of sp³-hybridized carbons (Fsp3) is 0.846. The molecule has 0 saturated heterocycles. The van der Waals surface area contributed by atoms with Gasteiger partial charge < -0.3 is 15.0 Å². The Morgan fingerprint density at radius 2 is 2.00 bits per heavy atom. The molecule has 0 aliphatic heterocycles. The van der Waals surface area contributed by atoms with Crippen LogP contribution in [0.2, 0.25) is 0 Å². The predicted octanol–water partition coefficient (Wildman–Crippen LogP) is 2.53. The Morgan fingerprint density at radius 1 is 1.33 bits per heavy atom. The predicted molar refractivity (Wildman–Crippen MR) is 67.8 cm³/mol. The summed E-state index contributed by atoms with van der Waals surface area (Å²) < 4.78 is 10.8. The van der Waals surface area contributed by atoms with E-state index in [2.05, 4.69) is 10.1 Å². The number of aromatic nitrogens is 2. The molecular weight excluding hydrogens is 230 g/mol. The van der Waals surface area contributed by atoms with E-state index in [1.165, 1.54) is 32.1 Å². The molecule has 1 unspecified atom stereocenters. The van der Waals surface area contributed by atoms with Crippen molar-refractivity contribution in [3.8, 4) is 0 Å². The van der Waals surface area contributed by atoms with Gasteiger partial charge in [0, 0.05) is 7.11 Å². The minimum atomic E-state index is -0.601. The number of nitrogens with zero attached hydrogens (tertiary/aromatic N) is 2. The Kier molecular flexibility index (Phi) is 4.02. The van der Waals surface area contributed by atoms with Crippen LogP contribution in [0.4, 0.5) is 0 Å². The third-order valence-corrected chi connectivity index (χ3v) is 3.58. The lowest BCUT2D eigenvalue weighted by Gasteiger charge is -2.26. The van der Waals surface area contributed by atoms with Gasteiger partial charge in [-0.05, 0) is 32.6 Å². The van der Waals surface area contributed by atoms with Gasteiger partial charge in [0.25, 0.3) is 0 Å². The number of hydrogen-bond donors (Lipinski definition) is 1. The van der Waals surface area contributed by atoms with Crippen LogP contribution in [0.1, 0.15) is 63.8 Å². The summed E-state index contributed by atoms with van der Waals surface area (Å²) in [5.41, 5.74) is 5.35. The van der Waals surface area contributed by atoms with Crippen LogP contribution in [-0.4, -0.2) is 17.3 Å². The van der Waals surface area contributed by atoms with Gasteiger partial charge >= 0.3 is 0 Å². The number of methoxy groups -OCH3 is 1. The second kappa shape index (κ2) is 5.36. The Balaban J connectivity index is 2.14. The average Bonchev–Trinajstić information content (AvgIpc) is 2.81. The Morgan fingerprint density at radius 3 is 2.50 bits per heavy atom. The van der Waals surface area contributed by atoms with Crippen molar-refractivity contribution in [2.75, 3.05) is 7.11 Å². The molecular formula is C13H23N3O2. The molecule has 1 aliphatic rings. The van der Waals surface area contributed by atoms with Gasteiger partial charge in [-0.1, -0.05) is 24.4 Å². The topological polar surface area (TPSA) is 74.2 Å². The third-order valence-electron chi connectivity index (χ3n) is 3.58. The zero-order chi connectivity index (χ0) is 13.2. The maximum absolute atomic E-state index is 5.95. The van der Waals surface area contributed by atoms with Gasteiger partial charge in [0.2, 0.25) is 11.7 Å². The molecule has 0 aromatic carbocycles. The van der Waals surface area contributed by atoms with E-state index in [9.17, 15) is 0 Å². The van der Waals surface area contributed by atoms with Crippen LogP contribution in [0.5, 0.6) is 0 Å². The zero-order valence-electron chi connectivity index (χ0n) is 11.5. The molecule has 0 radical (unpaired) electrons. The highest BCUT2D eigenvalue weighted by Gasteiger charge is 2.31. The molecule has 1 aromatic rings. The summed E-state index contributed by atoms with van der Waals surface area (Å²) in [6, 6.07) is 0. The van der Waals surface area contributed by atoms with Crippen molar-refractivity contribution in [1.29, 1.82) is 0 Å². The minimum Gasteiger partial charge on any atom is -0.373 e. The SMILES string of the molecule is COC(c1noc(C(C)(C)N)n1)C1CCCCC1. The molecule has 1 heterocycles. The van der Waals surface area contributed by atoms with Gasteiger partial charge in [0.15, 0.2) is 0 Å². The second-order valence-electron chi connectivity index (χ2n) is 5.73. The first-order chi connectivity index (χ1) is 8.52. The van der Waals surface area contributed by atoms with Gasteiger partial charge in [-0.2, -0.15) is 4.98 Å². The Labute approximate surface area is 108 Å². The first-order valence-electron chi connectivity index (χ1n) is 6.68. The smallest absolute Gasteiger partial charge is 0.246 e.